The number of hydrogen-bond acceptors (Lipinski definition) is 2. The van der Waals surface area contributed by atoms with E-state index in [1.54, 1.807) is 12.1 Å². The van der Waals surface area contributed by atoms with Crippen molar-refractivity contribution in [2.45, 2.75) is 11.8 Å². The summed E-state index contributed by atoms with van der Waals surface area (Å²) in [4.78, 5) is 0.0201. The second-order valence-corrected chi connectivity index (χ2v) is 7.58. The molecule has 1 N–H and O–H groups in total. The summed E-state index contributed by atoms with van der Waals surface area (Å²) in [6.07, 6.45) is 0. The second-order valence-electron chi connectivity index (χ2n) is 4.17. The van der Waals surface area contributed by atoms with E-state index >= 15 is 0 Å². The predicted octanol–water partition coefficient (Wildman–Crippen LogP) is 4.87. The van der Waals surface area contributed by atoms with Gasteiger partial charge in [0.2, 0.25) is 0 Å². The number of anilines is 1. The molecule has 7 heteroatoms. The van der Waals surface area contributed by atoms with Crippen molar-refractivity contribution in [1.82, 2.24) is 0 Å². The third-order valence-electron chi connectivity index (χ3n) is 2.57. The van der Waals surface area contributed by atoms with Crippen LogP contribution in [0.5, 0.6) is 0 Å². The van der Waals surface area contributed by atoms with Gasteiger partial charge in [0, 0.05) is 20.2 Å². The zero-order valence-electron chi connectivity index (χ0n) is 10.3. The first kappa shape index (κ1) is 15.6. The van der Waals surface area contributed by atoms with E-state index in [2.05, 4.69) is 20.7 Å². The summed E-state index contributed by atoms with van der Waals surface area (Å²) in [5, 5.41) is 0.533. The molecule has 0 saturated carbocycles. The highest BCUT2D eigenvalue weighted by molar-refractivity contribution is 9.10. The first-order chi connectivity index (χ1) is 9.28. The summed E-state index contributed by atoms with van der Waals surface area (Å²) in [6, 6.07) is 9.36. The second kappa shape index (κ2) is 5.93. The number of nitrogens with one attached hydrogen (secondary N) is 1. The molecule has 0 atom stereocenters. The Hall–Kier alpha value is -0.750. The quantitative estimate of drug-likeness (QED) is 0.807. The topological polar surface area (TPSA) is 46.2 Å². The van der Waals surface area contributed by atoms with Crippen molar-refractivity contribution in [3.63, 3.8) is 0 Å². The molecule has 0 aliphatic heterocycles. The minimum absolute atomic E-state index is 0.0201. The number of sulfonamides is 1. The van der Waals surface area contributed by atoms with Crippen molar-refractivity contribution in [2.75, 3.05) is 4.72 Å². The fourth-order valence-corrected chi connectivity index (χ4v) is 3.71. The maximum atomic E-state index is 12.3. The summed E-state index contributed by atoms with van der Waals surface area (Å²) < 4.78 is 27.8. The highest BCUT2D eigenvalue weighted by atomic mass is 79.9. The lowest BCUT2D eigenvalue weighted by Crippen LogP contribution is -2.13. The number of aryl methyl sites for hydroxylation is 1. The molecule has 0 heterocycles. The van der Waals surface area contributed by atoms with Gasteiger partial charge in [0.05, 0.1) is 4.90 Å². The Labute approximate surface area is 136 Å². The smallest absolute Gasteiger partial charge is 0.261 e. The maximum absolute atomic E-state index is 12.3. The molecule has 2 rings (SSSR count). The molecule has 0 aliphatic carbocycles. The summed E-state index contributed by atoms with van der Waals surface area (Å²) in [5.74, 6) is 0. The third kappa shape index (κ3) is 3.67. The Morgan fingerprint density at radius 2 is 1.65 bits per heavy atom. The lowest BCUT2D eigenvalue weighted by atomic mass is 10.2. The minimum Gasteiger partial charge on any atom is -0.280 e. The van der Waals surface area contributed by atoms with Gasteiger partial charge in [-0.25, -0.2) is 8.42 Å². The SMILES string of the molecule is Cc1ccc(NS(=O)(=O)c2cc(Cl)cc(Cl)c2)cc1Br. The normalized spacial score (nSPS) is 11.4. The average molecular weight is 395 g/mol. The van der Waals surface area contributed by atoms with Crippen LogP contribution in [-0.2, 0) is 10.0 Å². The lowest BCUT2D eigenvalue weighted by molar-refractivity contribution is 0.601. The van der Waals surface area contributed by atoms with Crippen LogP contribution in [0, 0.1) is 6.92 Å². The predicted molar refractivity (Wildman–Crippen MR) is 86.1 cm³/mol. The molecule has 0 saturated heterocycles. The molecule has 0 bridgehead atoms. The minimum atomic E-state index is -3.73. The molecule has 0 spiro atoms. The van der Waals surface area contributed by atoms with Crippen LogP contribution in [0.1, 0.15) is 5.56 Å². The van der Waals surface area contributed by atoms with E-state index in [0.29, 0.717) is 5.69 Å². The number of halogens is 3. The Morgan fingerprint density at radius 3 is 2.20 bits per heavy atom. The van der Waals surface area contributed by atoms with Gasteiger partial charge in [0.25, 0.3) is 10.0 Å². The Balaban J connectivity index is 2.37. The van der Waals surface area contributed by atoms with Crippen LogP contribution in [0.15, 0.2) is 45.8 Å². The van der Waals surface area contributed by atoms with E-state index in [4.69, 9.17) is 23.2 Å². The fourth-order valence-electron chi connectivity index (χ4n) is 1.55. The van der Waals surface area contributed by atoms with Gasteiger partial charge < -0.3 is 0 Å². The van der Waals surface area contributed by atoms with Crippen LogP contribution >= 0.6 is 39.1 Å². The fraction of sp³-hybridized carbons (Fsp3) is 0.0769. The zero-order valence-corrected chi connectivity index (χ0v) is 14.2. The summed E-state index contributed by atoms with van der Waals surface area (Å²) in [5.41, 5.74) is 1.47. The van der Waals surface area contributed by atoms with E-state index in [0.717, 1.165) is 10.0 Å². The van der Waals surface area contributed by atoms with Gasteiger partial charge in [-0.3, -0.25) is 4.72 Å². The maximum Gasteiger partial charge on any atom is 0.261 e. The van der Waals surface area contributed by atoms with Crippen molar-refractivity contribution >= 4 is 54.8 Å². The molecule has 0 amide bonds. The molecule has 0 aromatic heterocycles. The van der Waals surface area contributed by atoms with Crippen LogP contribution in [0.4, 0.5) is 5.69 Å². The summed E-state index contributed by atoms with van der Waals surface area (Å²) >= 11 is 15.0. The van der Waals surface area contributed by atoms with Crippen molar-refractivity contribution in [3.05, 3.63) is 56.5 Å². The summed E-state index contributed by atoms with van der Waals surface area (Å²) in [7, 11) is -3.73. The van der Waals surface area contributed by atoms with Crippen LogP contribution in [0.3, 0.4) is 0 Å². The third-order valence-corrected chi connectivity index (χ3v) is 5.22. The first-order valence-electron chi connectivity index (χ1n) is 5.53. The van der Waals surface area contributed by atoms with Crippen LogP contribution in [-0.4, -0.2) is 8.42 Å². The van der Waals surface area contributed by atoms with Gasteiger partial charge in [-0.2, -0.15) is 0 Å². The van der Waals surface area contributed by atoms with Gasteiger partial charge in [0.15, 0.2) is 0 Å². The molecule has 106 valence electrons. The van der Waals surface area contributed by atoms with E-state index < -0.39 is 10.0 Å². The van der Waals surface area contributed by atoms with Crippen LogP contribution in [0.2, 0.25) is 10.0 Å². The Kier molecular flexibility index (Phi) is 4.64. The van der Waals surface area contributed by atoms with Crippen LogP contribution < -0.4 is 4.72 Å². The highest BCUT2D eigenvalue weighted by Gasteiger charge is 2.16. The van der Waals surface area contributed by atoms with Crippen molar-refractivity contribution < 1.29 is 8.42 Å². The van der Waals surface area contributed by atoms with E-state index in [-0.39, 0.29) is 14.9 Å². The molecule has 20 heavy (non-hydrogen) atoms. The molecule has 0 unspecified atom stereocenters. The van der Waals surface area contributed by atoms with Gasteiger partial charge in [-0.15, -0.1) is 0 Å². The van der Waals surface area contributed by atoms with Gasteiger partial charge in [-0.1, -0.05) is 45.2 Å². The standard InChI is InChI=1S/C13H10BrCl2NO2S/c1-8-2-3-11(7-13(8)14)17-20(18,19)12-5-9(15)4-10(16)6-12/h2-7,17H,1H3. The summed E-state index contributed by atoms with van der Waals surface area (Å²) in [6.45, 7) is 1.92. The number of benzene rings is 2. The molecule has 2 aromatic carbocycles. The number of rotatable bonds is 3. The highest BCUT2D eigenvalue weighted by Crippen LogP contribution is 2.26. The zero-order chi connectivity index (χ0) is 14.9. The molecule has 2 aromatic rings. The molecular weight excluding hydrogens is 385 g/mol. The van der Waals surface area contributed by atoms with Gasteiger partial charge in [0.1, 0.15) is 0 Å². The monoisotopic (exact) mass is 393 g/mol. The molecule has 0 radical (unpaired) electrons. The number of hydrogen-bond donors (Lipinski definition) is 1. The van der Waals surface area contributed by atoms with Crippen molar-refractivity contribution in [3.8, 4) is 0 Å². The first-order valence-corrected chi connectivity index (χ1v) is 8.56. The molecular formula is C13H10BrCl2NO2S. The van der Waals surface area contributed by atoms with E-state index in [1.165, 1.54) is 18.2 Å². The van der Waals surface area contributed by atoms with Gasteiger partial charge >= 0.3 is 0 Å². The largest absolute Gasteiger partial charge is 0.280 e. The van der Waals surface area contributed by atoms with Crippen molar-refractivity contribution in [1.29, 1.82) is 0 Å². The Morgan fingerprint density at radius 1 is 1.05 bits per heavy atom. The molecule has 0 aliphatic rings. The van der Waals surface area contributed by atoms with Crippen LogP contribution in [0.25, 0.3) is 0 Å². The average Bonchev–Trinajstić information content (AvgIpc) is 2.32. The van der Waals surface area contributed by atoms with Gasteiger partial charge in [-0.05, 0) is 42.8 Å². The lowest BCUT2D eigenvalue weighted by Gasteiger charge is -2.10. The molecule has 3 nitrogen and oxygen atoms in total. The van der Waals surface area contributed by atoms with E-state index in [1.807, 2.05) is 13.0 Å². The van der Waals surface area contributed by atoms with E-state index in [9.17, 15) is 8.42 Å². The Bertz CT molecular complexity index is 743. The molecule has 0 fully saturated rings. The van der Waals surface area contributed by atoms with Crippen molar-refractivity contribution in [2.24, 2.45) is 0 Å².